The van der Waals surface area contributed by atoms with Crippen LogP contribution in [0.5, 0.6) is 0 Å². The minimum atomic E-state index is -1.89. The van der Waals surface area contributed by atoms with Crippen LogP contribution in [0.1, 0.15) is 56.7 Å². The first-order valence-corrected chi connectivity index (χ1v) is 19.9. The highest BCUT2D eigenvalue weighted by Gasteiger charge is 2.54. The molecule has 6 amide bonds. The number of nitrogens with zero attached hydrogens (tertiary/aromatic N) is 2. The Hall–Kier alpha value is -6.86. The summed E-state index contributed by atoms with van der Waals surface area (Å²) in [6, 6.07) is 22.1. The molecule has 1 saturated heterocycles. The van der Waals surface area contributed by atoms with E-state index in [-0.39, 0.29) is 19.7 Å². The maximum atomic E-state index is 13.7. The monoisotopic (exact) mass is 860 g/mol. The Morgan fingerprint density at radius 1 is 0.677 bits per heavy atom. The maximum absolute atomic E-state index is 13.7. The molecule has 19 nitrogen and oxygen atoms in total. The normalized spacial score (nSPS) is 16.5. The van der Waals surface area contributed by atoms with Crippen LogP contribution in [-0.4, -0.2) is 116 Å². The van der Waals surface area contributed by atoms with E-state index in [1.807, 2.05) is 36.4 Å². The molecule has 3 aromatic carbocycles. The average molecular weight is 861 g/mol. The lowest BCUT2D eigenvalue weighted by Gasteiger charge is -2.29. The fourth-order valence-electron chi connectivity index (χ4n) is 6.20. The summed E-state index contributed by atoms with van der Waals surface area (Å²) in [6.07, 6.45) is -6.17. The van der Waals surface area contributed by atoms with Crippen LogP contribution in [0, 0.1) is 5.92 Å². The minimum Gasteiger partial charge on any atom is -0.481 e. The molecule has 0 bridgehead atoms. The molecule has 3 aromatic rings. The summed E-state index contributed by atoms with van der Waals surface area (Å²) in [5, 5.41) is 37.1. The van der Waals surface area contributed by atoms with E-state index in [1.165, 1.54) is 4.90 Å². The van der Waals surface area contributed by atoms with Crippen molar-refractivity contribution in [2.24, 2.45) is 5.92 Å². The van der Waals surface area contributed by atoms with E-state index >= 15 is 0 Å². The summed E-state index contributed by atoms with van der Waals surface area (Å²) in [5.41, 5.74) is 4.36. The van der Waals surface area contributed by atoms with Gasteiger partial charge in [-0.3, -0.25) is 39.0 Å². The van der Waals surface area contributed by atoms with Crippen molar-refractivity contribution < 1.29 is 63.1 Å². The molecule has 332 valence electrons. The second-order valence-corrected chi connectivity index (χ2v) is 14.7. The first-order chi connectivity index (χ1) is 29.6. The number of carbonyl (C=O) groups is 8. The number of aliphatic carboxylic acids is 2. The van der Waals surface area contributed by atoms with Crippen molar-refractivity contribution >= 4 is 47.6 Å². The lowest BCUT2D eigenvalue weighted by molar-refractivity contribution is -0.152. The Kier molecular flexibility index (Phi) is 17.9. The van der Waals surface area contributed by atoms with Crippen molar-refractivity contribution in [1.29, 1.82) is 0 Å². The zero-order valence-corrected chi connectivity index (χ0v) is 34.5. The molecular weight excluding hydrogens is 809 g/mol. The molecular formula is C43H52N6O13. The van der Waals surface area contributed by atoms with Gasteiger partial charge in [-0.2, -0.15) is 0 Å². The van der Waals surface area contributed by atoms with Crippen LogP contribution < -0.4 is 21.4 Å². The Bertz CT molecular complexity index is 1980. The number of hydrazine groups is 1. The highest BCUT2D eigenvalue weighted by molar-refractivity contribution is 5.98. The average Bonchev–Trinajstić information content (AvgIpc) is 4.06. The van der Waals surface area contributed by atoms with Gasteiger partial charge in [0.05, 0.1) is 6.10 Å². The van der Waals surface area contributed by atoms with Crippen molar-refractivity contribution in [3.63, 3.8) is 0 Å². The first-order valence-electron chi connectivity index (χ1n) is 19.9. The topological polar surface area (TPSA) is 274 Å². The fraction of sp³-hybridized carbons (Fsp3) is 0.395. The van der Waals surface area contributed by atoms with E-state index in [4.69, 9.17) is 9.47 Å². The standard InChI is InChI=1S/C43H52N6O13/c1-4-26(2)34(46-43(60)61-25-30-18-12-7-13-19-30)39(56)44-31(20-21-32(51)52)38(55)45-35(27(3)50)40(57)47-49(24-33(53)54)42(59)37-36(62-37)41(58)48(22-28-14-8-5-9-15-28)23-29-16-10-6-11-17-29/h5-19,26-27,31,34-37,50H,4,20-25H2,1-3H3,(H,44,56)(H,45,55)(H,46,60)(H,47,57)(H,51,52)(H,53,54)/t26?,27?,31?,34?,35?,36-,37-/m0/s1. The van der Waals surface area contributed by atoms with E-state index in [0.717, 1.165) is 18.1 Å². The predicted octanol–water partition coefficient (Wildman–Crippen LogP) is 1.48. The summed E-state index contributed by atoms with van der Waals surface area (Å²) in [4.78, 5) is 106. The predicted molar refractivity (Wildman–Crippen MR) is 219 cm³/mol. The van der Waals surface area contributed by atoms with Gasteiger partial charge in [0, 0.05) is 19.5 Å². The van der Waals surface area contributed by atoms with Gasteiger partial charge in [-0.15, -0.1) is 0 Å². The number of amides is 6. The van der Waals surface area contributed by atoms with E-state index in [0.29, 0.717) is 17.0 Å². The SMILES string of the molecule is CCC(C)C(NC(=O)OCc1ccccc1)C(=O)NC(CCC(=O)O)C(=O)NC(C(=O)NN(CC(=O)O)C(=O)[C@H]1O[C@@H]1C(=O)N(Cc1ccccc1)Cc1ccccc1)C(C)O. The number of aliphatic hydroxyl groups is 1. The summed E-state index contributed by atoms with van der Waals surface area (Å²) in [7, 11) is 0. The quantitative estimate of drug-likeness (QED) is 0.0558. The molecule has 19 heteroatoms. The van der Waals surface area contributed by atoms with Crippen LogP contribution >= 0.6 is 0 Å². The maximum Gasteiger partial charge on any atom is 0.408 e. The van der Waals surface area contributed by atoms with E-state index in [9.17, 15) is 53.7 Å². The van der Waals surface area contributed by atoms with Crippen LogP contribution in [0.4, 0.5) is 4.79 Å². The van der Waals surface area contributed by atoms with Crippen molar-refractivity contribution in [2.75, 3.05) is 6.54 Å². The first kappa shape index (κ1) is 47.8. The number of carbonyl (C=O) groups excluding carboxylic acids is 6. The number of rotatable bonds is 22. The lowest BCUT2D eigenvalue weighted by Crippen LogP contribution is -2.62. The van der Waals surface area contributed by atoms with Gasteiger partial charge < -0.3 is 45.6 Å². The summed E-state index contributed by atoms with van der Waals surface area (Å²) in [5.74, 6) is -8.35. The van der Waals surface area contributed by atoms with E-state index in [1.54, 1.807) is 68.4 Å². The Balaban J connectivity index is 1.45. The van der Waals surface area contributed by atoms with Crippen LogP contribution in [0.25, 0.3) is 0 Å². The van der Waals surface area contributed by atoms with Gasteiger partial charge in [0.2, 0.25) is 11.8 Å². The Morgan fingerprint density at radius 3 is 1.71 bits per heavy atom. The molecule has 1 aliphatic rings. The van der Waals surface area contributed by atoms with Gasteiger partial charge in [-0.1, -0.05) is 111 Å². The lowest BCUT2D eigenvalue weighted by atomic mass is 9.97. The second kappa shape index (κ2) is 23.2. The molecule has 0 aliphatic carbocycles. The van der Waals surface area contributed by atoms with Crippen LogP contribution in [0.2, 0.25) is 0 Å². The number of epoxide rings is 1. The number of alkyl carbamates (subject to hydrolysis) is 1. The number of ether oxygens (including phenoxy) is 2. The number of benzene rings is 3. The van der Waals surface area contributed by atoms with E-state index < -0.39 is 109 Å². The molecule has 5 unspecified atom stereocenters. The fourth-order valence-corrected chi connectivity index (χ4v) is 6.20. The highest BCUT2D eigenvalue weighted by Crippen LogP contribution is 2.28. The van der Waals surface area contributed by atoms with Crippen molar-refractivity contribution in [2.45, 2.75) is 96.2 Å². The molecule has 1 aliphatic heterocycles. The van der Waals surface area contributed by atoms with E-state index in [2.05, 4.69) is 21.4 Å². The van der Waals surface area contributed by atoms with Crippen molar-refractivity contribution in [1.82, 2.24) is 31.3 Å². The summed E-state index contributed by atoms with van der Waals surface area (Å²) in [6.45, 7) is 3.62. The second-order valence-electron chi connectivity index (χ2n) is 14.7. The minimum absolute atomic E-state index is 0.0993. The number of hydrogen-bond donors (Lipinski definition) is 7. The van der Waals surface area contributed by atoms with Gasteiger partial charge in [0.1, 0.15) is 31.3 Å². The van der Waals surface area contributed by atoms with Gasteiger partial charge in [0.15, 0.2) is 12.2 Å². The smallest absolute Gasteiger partial charge is 0.408 e. The number of aliphatic hydroxyl groups excluding tert-OH is 1. The molecule has 7 atom stereocenters. The number of carboxylic acid groups (broad SMARTS) is 2. The molecule has 1 fully saturated rings. The molecule has 1 heterocycles. The van der Waals surface area contributed by atoms with Crippen LogP contribution in [-0.2, 0) is 62.7 Å². The third kappa shape index (κ3) is 14.7. The number of carboxylic acids is 2. The van der Waals surface area contributed by atoms with Gasteiger partial charge >= 0.3 is 18.0 Å². The largest absolute Gasteiger partial charge is 0.481 e. The van der Waals surface area contributed by atoms with Crippen LogP contribution in [0.15, 0.2) is 91.0 Å². The van der Waals surface area contributed by atoms with Gasteiger partial charge in [0.25, 0.3) is 17.7 Å². The Morgan fingerprint density at radius 2 is 1.21 bits per heavy atom. The molecule has 0 radical (unpaired) electrons. The van der Waals surface area contributed by atoms with Gasteiger partial charge in [-0.25, -0.2) is 9.80 Å². The summed E-state index contributed by atoms with van der Waals surface area (Å²) < 4.78 is 10.7. The Labute approximate surface area is 357 Å². The van der Waals surface area contributed by atoms with Crippen molar-refractivity contribution in [3.8, 4) is 0 Å². The van der Waals surface area contributed by atoms with Crippen molar-refractivity contribution in [3.05, 3.63) is 108 Å². The summed E-state index contributed by atoms with van der Waals surface area (Å²) >= 11 is 0. The zero-order chi connectivity index (χ0) is 45.3. The zero-order valence-electron chi connectivity index (χ0n) is 34.5. The third-order valence-corrected chi connectivity index (χ3v) is 9.85. The molecule has 0 saturated carbocycles. The molecule has 7 N–H and O–H groups in total. The molecule has 0 aromatic heterocycles. The third-order valence-electron chi connectivity index (χ3n) is 9.85. The number of hydrogen-bond acceptors (Lipinski definition) is 11. The molecule has 62 heavy (non-hydrogen) atoms. The number of nitrogens with one attached hydrogen (secondary N) is 4. The molecule has 0 spiro atoms. The van der Waals surface area contributed by atoms with Gasteiger partial charge in [-0.05, 0) is 36.0 Å². The molecule has 4 rings (SSSR count). The van der Waals surface area contributed by atoms with Crippen LogP contribution in [0.3, 0.4) is 0 Å². The highest BCUT2D eigenvalue weighted by atomic mass is 16.6.